The summed E-state index contributed by atoms with van der Waals surface area (Å²) in [4.78, 5) is 0. The molecule has 0 unspecified atom stereocenters. The van der Waals surface area contributed by atoms with Crippen molar-refractivity contribution in [3.05, 3.63) is 96.0 Å². The normalized spacial score (nSPS) is 12.7. The van der Waals surface area contributed by atoms with E-state index in [0.717, 1.165) is 10.4 Å². The monoisotopic (exact) mass is 410 g/mol. The van der Waals surface area contributed by atoms with Crippen molar-refractivity contribution < 1.29 is 0 Å². The van der Waals surface area contributed by atoms with Crippen molar-refractivity contribution in [2.24, 2.45) is 0 Å². The Bertz CT molecular complexity index is 1990. The topological polar surface area (TPSA) is 0 Å². The van der Waals surface area contributed by atoms with Gasteiger partial charge in [0.2, 0.25) is 0 Å². The van der Waals surface area contributed by atoms with E-state index >= 15 is 0 Å². The standard InChI is InChI=1S/C30H15Cl/c31-26-7-3-6-22-23(26)13-18-9-11-19-14-24-21-5-2-1-4-16(21)12-17-8-10-20-15-25(22)28(18)30(19)29(20)27(17)24/h1-15H. The molecule has 0 nitrogen and oxygen atoms in total. The van der Waals surface area contributed by atoms with Crippen LogP contribution in [0, 0.1) is 0 Å². The molecule has 0 atom stereocenters. The van der Waals surface area contributed by atoms with Crippen molar-refractivity contribution in [2.45, 2.75) is 0 Å². The Morgan fingerprint density at radius 3 is 1.65 bits per heavy atom. The highest BCUT2D eigenvalue weighted by atomic mass is 35.5. The van der Waals surface area contributed by atoms with E-state index in [-0.39, 0.29) is 0 Å². The van der Waals surface area contributed by atoms with Gasteiger partial charge in [0.15, 0.2) is 0 Å². The van der Waals surface area contributed by atoms with Gasteiger partial charge in [0, 0.05) is 10.4 Å². The van der Waals surface area contributed by atoms with Crippen molar-refractivity contribution in [1.29, 1.82) is 0 Å². The third-order valence-electron chi connectivity index (χ3n) is 7.13. The molecule has 0 aliphatic rings. The van der Waals surface area contributed by atoms with Gasteiger partial charge < -0.3 is 0 Å². The van der Waals surface area contributed by atoms with Crippen LogP contribution in [0.15, 0.2) is 91.0 Å². The molecule has 8 aromatic rings. The number of benzene rings is 8. The minimum absolute atomic E-state index is 0.811. The fraction of sp³-hybridized carbons (Fsp3) is 0. The first-order chi connectivity index (χ1) is 15.3. The highest BCUT2D eigenvalue weighted by molar-refractivity contribution is 6.42. The summed E-state index contributed by atoms with van der Waals surface area (Å²) in [6.07, 6.45) is 0. The molecule has 0 aromatic heterocycles. The minimum atomic E-state index is 0.811. The maximum Gasteiger partial charge on any atom is 0.0484 e. The molecule has 0 fully saturated rings. The molecule has 8 aromatic carbocycles. The molecule has 1 heteroatoms. The smallest absolute Gasteiger partial charge is 0.0484 e. The molecule has 0 N–H and O–H groups in total. The highest BCUT2D eigenvalue weighted by Crippen LogP contribution is 2.47. The summed E-state index contributed by atoms with van der Waals surface area (Å²) in [5.74, 6) is 0. The molecule has 0 aliphatic carbocycles. The predicted molar refractivity (Wildman–Crippen MR) is 136 cm³/mol. The summed E-state index contributed by atoms with van der Waals surface area (Å²) in [6, 6.07) is 33.4. The lowest BCUT2D eigenvalue weighted by Gasteiger charge is -2.19. The lowest BCUT2D eigenvalue weighted by Crippen LogP contribution is -1.91. The van der Waals surface area contributed by atoms with Crippen molar-refractivity contribution in [3.63, 3.8) is 0 Å². The molecule has 0 saturated carbocycles. The zero-order chi connectivity index (χ0) is 20.3. The Hall–Kier alpha value is -3.61. The van der Waals surface area contributed by atoms with Crippen LogP contribution < -0.4 is 0 Å². The van der Waals surface area contributed by atoms with Gasteiger partial charge in [-0.05, 0) is 100 Å². The Morgan fingerprint density at radius 1 is 0.355 bits per heavy atom. The lowest BCUT2D eigenvalue weighted by atomic mass is 9.84. The maximum absolute atomic E-state index is 6.60. The first-order valence-electron chi connectivity index (χ1n) is 10.6. The summed E-state index contributed by atoms with van der Waals surface area (Å²) in [5, 5.41) is 19.1. The molecule has 8 rings (SSSR count). The fourth-order valence-electron chi connectivity index (χ4n) is 5.86. The predicted octanol–water partition coefficient (Wildman–Crippen LogP) is 9.29. The average Bonchev–Trinajstić information content (AvgIpc) is 2.81. The number of hydrogen-bond acceptors (Lipinski definition) is 0. The van der Waals surface area contributed by atoms with Gasteiger partial charge in [0.05, 0.1) is 0 Å². The van der Waals surface area contributed by atoms with Crippen molar-refractivity contribution in [1.82, 2.24) is 0 Å². The molecule has 0 radical (unpaired) electrons. The average molecular weight is 411 g/mol. The molecule has 142 valence electrons. The van der Waals surface area contributed by atoms with E-state index in [4.69, 9.17) is 11.6 Å². The molecule has 0 aliphatic heterocycles. The van der Waals surface area contributed by atoms with Crippen LogP contribution in [-0.2, 0) is 0 Å². The SMILES string of the molecule is Clc1cccc2c1cc1ccc3cc4c5ccccc5cc5ccc6cc2c1c3c6c54. The molecule has 0 spiro atoms. The molecule has 0 bridgehead atoms. The Balaban J connectivity index is 1.76. The zero-order valence-electron chi connectivity index (χ0n) is 16.5. The second-order valence-electron chi connectivity index (χ2n) is 8.68. The van der Waals surface area contributed by atoms with Gasteiger partial charge in [0.25, 0.3) is 0 Å². The van der Waals surface area contributed by atoms with Crippen molar-refractivity contribution in [3.8, 4) is 0 Å². The number of hydrogen-bond donors (Lipinski definition) is 0. The van der Waals surface area contributed by atoms with E-state index < -0.39 is 0 Å². The second-order valence-corrected chi connectivity index (χ2v) is 9.09. The van der Waals surface area contributed by atoms with Crippen LogP contribution in [0.4, 0.5) is 0 Å². The molecule has 0 amide bonds. The van der Waals surface area contributed by atoms with Gasteiger partial charge in [-0.25, -0.2) is 0 Å². The summed E-state index contributed by atoms with van der Waals surface area (Å²) >= 11 is 6.60. The van der Waals surface area contributed by atoms with Gasteiger partial charge in [-0.3, -0.25) is 0 Å². The van der Waals surface area contributed by atoms with Crippen LogP contribution in [-0.4, -0.2) is 0 Å². The summed E-state index contributed by atoms with van der Waals surface area (Å²) in [6.45, 7) is 0. The molecular weight excluding hydrogens is 396 g/mol. The Labute approximate surface area is 182 Å². The van der Waals surface area contributed by atoms with Crippen LogP contribution in [0.2, 0.25) is 5.02 Å². The first-order valence-corrected chi connectivity index (χ1v) is 11.0. The minimum Gasteiger partial charge on any atom is -0.0837 e. The molecule has 31 heavy (non-hydrogen) atoms. The van der Waals surface area contributed by atoms with Gasteiger partial charge in [-0.15, -0.1) is 0 Å². The second kappa shape index (κ2) is 5.35. The van der Waals surface area contributed by atoms with Crippen molar-refractivity contribution in [2.75, 3.05) is 0 Å². The fourth-order valence-corrected chi connectivity index (χ4v) is 6.09. The summed E-state index contributed by atoms with van der Waals surface area (Å²) in [5.41, 5.74) is 0. The van der Waals surface area contributed by atoms with Crippen molar-refractivity contribution >= 4 is 87.0 Å². The van der Waals surface area contributed by atoms with Gasteiger partial charge >= 0.3 is 0 Å². The zero-order valence-corrected chi connectivity index (χ0v) is 17.3. The first kappa shape index (κ1) is 16.1. The Kier molecular flexibility index (Phi) is 2.78. The van der Waals surface area contributed by atoms with E-state index in [1.807, 2.05) is 6.07 Å². The number of rotatable bonds is 0. The summed E-state index contributed by atoms with van der Waals surface area (Å²) < 4.78 is 0. The van der Waals surface area contributed by atoms with Crippen LogP contribution >= 0.6 is 11.6 Å². The van der Waals surface area contributed by atoms with E-state index in [1.54, 1.807) is 0 Å². The third-order valence-corrected chi connectivity index (χ3v) is 7.46. The third kappa shape index (κ3) is 1.88. The van der Waals surface area contributed by atoms with E-state index in [9.17, 15) is 0 Å². The van der Waals surface area contributed by atoms with Gasteiger partial charge in [0.1, 0.15) is 0 Å². The Morgan fingerprint density at radius 2 is 0.903 bits per heavy atom. The highest BCUT2D eigenvalue weighted by Gasteiger charge is 2.18. The van der Waals surface area contributed by atoms with E-state index in [0.29, 0.717) is 0 Å². The van der Waals surface area contributed by atoms with Gasteiger partial charge in [-0.1, -0.05) is 72.3 Å². The van der Waals surface area contributed by atoms with Crippen LogP contribution in [0.25, 0.3) is 75.4 Å². The van der Waals surface area contributed by atoms with Crippen LogP contribution in [0.5, 0.6) is 0 Å². The largest absolute Gasteiger partial charge is 0.0837 e. The van der Waals surface area contributed by atoms with E-state index in [1.165, 1.54) is 70.0 Å². The number of halogens is 1. The molecular formula is C30H15Cl. The molecule has 0 heterocycles. The van der Waals surface area contributed by atoms with Crippen LogP contribution in [0.3, 0.4) is 0 Å². The maximum atomic E-state index is 6.60. The lowest BCUT2D eigenvalue weighted by molar-refractivity contribution is 1.79. The van der Waals surface area contributed by atoms with E-state index in [2.05, 4.69) is 84.9 Å². The van der Waals surface area contributed by atoms with Gasteiger partial charge in [-0.2, -0.15) is 0 Å². The summed E-state index contributed by atoms with van der Waals surface area (Å²) in [7, 11) is 0. The number of fused-ring (bicyclic) bond motifs is 4. The molecule has 0 saturated heterocycles. The quantitative estimate of drug-likeness (QED) is 0.172. The van der Waals surface area contributed by atoms with Crippen LogP contribution in [0.1, 0.15) is 0 Å².